The smallest absolute Gasteiger partial charge is 0.463 e. The van der Waals surface area contributed by atoms with Crippen LogP contribution in [0, 0.1) is 0 Å². The molecule has 18 heteroatoms. The summed E-state index contributed by atoms with van der Waals surface area (Å²) in [5.74, 6) is -1.64. The Kier molecular flexibility index (Phi) is 83.4. The molecule has 0 amide bonds. The number of aliphatic hydroxyl groups excluding tert-OH is 2. The third-order valence-electron chi connectivity index (χ3n) is 18.3. The van der Waals surface area contributed by atoms with E-state index in [4.69, 9.17) is 32.3 Å². The topological polar surface area (TPSA) is 231 Å². The zero-order chi connectivity index (χ0) is 83.6. The van der Waals surface area contributed by atoms with Crippen molar-refractivity contribution in [2.45, 2.75) is 360 Å². The molecule has 5 atom stereocenters. The maximum atomic E-state index is 13.0. The maximum absolute atomic E-state index is 13.0. The van der Waals surface area contributed by atoms with Gasteiger partial charge in [0.2, 0.25) is 0 Å². The van der Waals surface area contributed by atoms with E-state index in [1.165, 1.54) is 116 Å². The van der Waals surface area contributed by atoms with Crippen molar-refractivity contribution < 1.29 is 75.8 Å². The Bertz CT molecular complexity index is 2870. The summed E-state index contributed by atoms with van der Waals surface area (Å²) in [7, 11) is -9.83. The number of hydrogen-bond acceptors (Lipinski definition) is 14. The van der Waals surface area contributed by atoms with Crippen molar-refractivity contribution in [3.8, 4) is 0 Å². The van der Waals surface area contributed by atoms with E-state index in [1.807, 2.05) is 0 Å². The number of allylic oxidation sites excluding steroid dienone is 32. The van der Waals surface area contributed by atoms with Gasteiger partial charge in [0.05, 0.1) is 26.4 Å². The molecule has 5 unspecified atom stereocenters. The number of carbonyl (C=O) groups excluding carboxylic acids is 3. The molecule has 654 valence electrons. The molecule has 0 radical (unpaired) electrons. The van der Waals surface area contributed by atoms with E-state index in [2.05, 4.69) is 215 Å². The second kappa shape index (κ2) is 87.7. The van der Waals surface area contributed by atoms with Crippen molar-refractivity contribution >= 4 is 33.6 Å². The van der Waals surface area contributed by atoms with Crippen molar-refractivity contribution in [2.75, 3.05) is 39.6 Å². The lowest BCUT2D eigenvalue weighted by Crippen LogP contribution is -2.30. The molecule has 0 fully saturated rings. The highest BCUT2D eigenvalue weighted by atomic mass is 31.2. The summed E-state index contributed by atoms with van der Waals surface area (Å²) >= 11 is 0. The third-order valence-corrected chi connectivity index (χ3v) is 20.2. The van der Waals surface area contributed by atoms with Gasteiger partial charge in [0, 0.05) is 19.3 Å². The normalized spacial score (nSPS) is 14.7. The van der Waals surface area contributed by atoms with Crippen molar-refractivity contribution in [1.82, 2.24) is 0 Å². The maximum Gasteiger partial charge on any atom is 0.472 e. The molecule has 0 aliphatic heterocycles. The van der Waals surface area contributed by atoms with Crippen LogP contribution in [-0.4, -0.2) is 95.9 Å². The van der Waals surface area contributed by atoms with Gasteiger partial charge in [-0.05, 0) is 167 Å². The summed E-state index contributed by atoms with van der Waals surface area (Å²) in [6, 6.07) is 0. The number of esters is 3. The van der Waals surface area contributed by atoms with Gasteiger partial charge < -0.3 is 34.2 Å². The van der Waals surface area contributed by atoms with E-state index in [1.54, 1.807) is 0 Å². The van der Waals surface area contributed by atoms with Crippen LogP contribution in [0.2, 0.25) is 0 Å². The highest BCUT2D eigenvalue weighted by molar-refractivity contribution is 7.47. The summed E-state index contributed by atoms with van der Waals surface area (Å²) < 4.78 is 61.4. The number of unbranched alkanes of at least 4 members (excludes halogenated alkanes) is 28. The zero-order valence-corrected chi connectivity index (χ0v) is 73.7. The summed E-state index contributed by atoms with van der Waals surface area (Å²) in [6.07, 6.45) is 116. The first-order chi connectivity index (χ1) is 56.2. The number of hydrogen-bond donors (Lipinski definition) is 4. The molecule has 0 spiro atoms. The first-order valence-electron chi connectivity index (χ1n) is 44.7. The van der Waals surface area contributed by atoms with Crippen LogP contribution in [-0.2, 0) is 55.8 Å². The third kappa shape index (κ3) is 89.0. The lowest BCUT2D eigenvalue weighted by molar-refractivity contribution is -0.161. The lowest BCUT2D eigenvalue weighted by atomic mass is 10.0. The van der Waals surface area contributed by atoms with Crippen LogP contribution >= 0.6 is 15.6 Å². The highest BCUT2D eigenvalue weighted by Crippen LogP contribution is 2.45. The molecule has 0 aromatic heterocycles. The first kappa shape index (κ1) is 109. The van der Waals surface area contributed by atoms with Crippen molar-refractivity contribution in [1.29, 1.82) is 0 Å². The van der Waals surface area contributed by atoms with E-state index in [0.29, 0.717) is 25.7 Å². The number of ether oxygens (including phenoxy) is 3. The van der Waals surface area contributed by atoms with Gasteiger partial charge in [0.15, 0.2) is 6.10 Å². The van der Waals surface area contributed by atoms with Crippen LogP contribution in [0.25, 0.3) is 0 Å². The fraction of sp³-hybridized carbons (Fsp3) is 0.639. The molecule has 0 rings (SSSR count). The number of aliphatic hydroxyl groups is 2. The molecule has 4 N–H and O–H groups in total. The summed E-state index contributed by atoms with van der Waals surface area (Å²) in [6.45, 7) is 2.38. The van der Waals surface area contributed by atoms with Gasteiger partial charge >= 0.3 is 33.6 Å². The van der Waals surface area contributed by atoms with Gasteiger partial charge in [-0.1, -0.05) is 350 Å². The second-order valence-electron chi connectivity index (χ2n) is 29.3. The minimum Gasteiger partial charge on any atom is -0.463 e. The average Bonchev–Trinajstić information content (AvgIpc) is 0.902. The molecule has 0 bridgehead atoms. The minimum absolute atomic E-state index is 0.0417. The van der Waals surface area contributed by atoms with Crippen LogP contribution in [0.15, 0.2) is 194 Å². The Labute approximate surface area is 699 Å². The van der Waals surface area contributed by atoms with Crippen LogP contribution in [0.5, 0.6) is 0 Å². The minimum atomic E-state index is -4.96. The molecule has 0 heterocycles. The molecule has 16 nitrogen and oxygen atoms in total. The van der Waals surface area contributed by atoms with Gasteiger partial charge in [-0.25, -0.2) is 9.13 Å². The fourth-order valence-corrected chi connectivity index (χ4v) is 13.1. The lowest BCUT2D eigenvalue weighted by Gasteiger charge is -2.21. The van der Waals surface area contributed by atoms with Crippen LogP contribution in [0.4, 0.5) is 0 Å². The van der Waals surface area contributed by atoms with Crippen LogP contribution in [0.1, 0.15) is 342 Å². The summed E-state index contributed by atoms with van der Waals surface area (Å²) in [4.78, 5) is 58.9. The largest absolute Gasteiger partial charge is 0.472 e. The van der Waals surface area contributed by atoms with Gasteiger partial charge in [-0.2, -0.15) is 0 Å². The monoisotopic (exact) mass is 1640 g/mol. The van der Waals surface area contributed by atoms with Crippen molar-refractivity contribution in [3.05, 3.63) is 194 Å². The highest BCUT2D eigenvalue weighted by Gasteiger charge is 2.29. The van der Waals surface area contributed by atoms with Crippen LogP contribution in [0.3, 0.4) is 0 Å². The van der Waals surface area contributed by atoms with E-state index in [-0.39, 0.29) is 19.3 Å². The quantitative estimate of drug-likeness (QED) is 0.0146. The Morgan fingerprint density at radius 3 is 0.748 bits per heavy atom. The molecule has 0 aliphatic carbocycles. The van der Waals surface area contributed by atoms with Crippen molar-refractivity contribution in [2.24, 2.45) is 0 Å². The Hall–Kier alpha value is -5.61. The van der Waals surface area contributed by atoms with Crippen LogP contribution < -0.4 is 0 Å². The van der Waals surface area contributed by atoms with E-state index >= 15 is 0 Å². The number of phosphoric ester groups is 2. The summed E-state index contributed by atoms with van der Waals surface area (Å²) in [5, 5.41) is 20.7. The zero-order valence-electron chi connectivity index (χ0n) is 71.9. The molecule has 0 saturated heterocycles. The van der Waals surface area contributed by atoms with Gasteiger partial charge in [0.25, 0.3) is 0 Å². The fourth-order valence-electron chi connectivity index (χ4n) is 11.6. The molecule has 0 aliphatic rings. The van der Waals surface area contributed by atoms with E-state index < -0.39 is 91.5 Å². The van der Waals surface area contributed by atoms with Gasteiger partial charge in [-0.3, -0.25) is 32.5 Å². The Morgan fingerprint density at radius 1 is 0.252 bits per heavy atom. The van der Waals surface area contributed by atoms with Gasteiger partial charge in [-0.15, -0.1) is 0 Å². The molecular formula is C97H160O16P2. The number of carbonyl (C=O) groups is 3. The molecular weight excluding hydrogens is 1480 g/mol. The summed E-state index contributed by atoms with van der Waals surface area (Å²) in [5.41, 5.74) is 0. The SMILES string of the molecule is CC/C=C\C/C=C\C/C=C\C/C=C\C/C=C\C/C=C\CCCCCCCCCCCCCCCCC(=O)OCC(O)COP(=O)(O)OCC(O)COP(=O)(O)OCC(COC(=O)CCCCCCCCCCC/C=C\C/C=C\C/C=C\C/C=C\CCCCC)OC(=O)CCCC/C=C\C/C=C\C/C=C\C/C=C\C/C=C\C/C=C\CC. The molecule has 0 aromatic carbocycles. The van der Waals surface area contributed by atoms with E-state index in [0.717, 1.165) is 161 Å². The van der Waals surface area contributed by atoms with Crippen molar-refractivity contribution in [3.63, 3.8) is 0 Å². The first-order valence-corrected chi connectivity index (χ1v) is 47.7. The number of rotatable bonds is 83. The predicted octanol–water partition coefficient (Wildman–Crippen LogP) is 27.4. The number of phosphoric acid groups is 2. The van der Waals surface area contributed by atoms with Gasteiger partial charge in [0.1, 0.15) is 25.4 Å². The Morgan fingerprint density at radius 2 is 0.461 bits per heavy atom. The second-order valence-corrected chi connectivity index (χ2v) is 32.2. The molecule has 0 saturated carbocycles. The molecule has 115 heavy (non-hydrogen) atoms. The average molecular weight is 1640 g/mol. The standard InChI is InChI=1S/C97H160O16P2/c1-4-7-10-13-16-19-22-25-28-31-34-37-39-41-42-43-44-45-46-47-48-50-52-54-56-59-62-65-68-71-74-77-80-83-95(100)107-86-92(98)87-109-114(103,104)110-88-93(99)89-111-115(105,106)112-91-94(113-97(102)85-82-79-76-73-70-67-64-61-58-53-36-33-30-27-24-21-18-15-12-9-6-3)90-108-96(101)84-81-78-75-72-69-66-63-60-57-55-51-49-40-38-35-32-29-26-23-20-17-14-11-8-5-2/h7,9-10,12,16-21,25-30,34-38,41-42,44-45,49,51,53,61,64,70,73,92-94,98-99H,4-6,8,11,13-15,22-24,31-33,39-40,43,46-48,50,52,54-60,62-63,65-69,71-72,74-91H2,1-3H3,(H,103,104)(H,105,106)/b10-7-,12-9-,19-16-,20-17-,21-18-,28-25-,29-26-,30-27-,37-34-,38-35-,42-41-,45-44-,51-49-,53-36-,64-61-,73-70-. The molecule has 0 aromatic rings. The van der Waals surface area contributed by atoms with E-state index in [9.17, 15) is 43.5 Å². The Balaban J connectivity index is 4.62. The predicted molar refractivity (Wildman–Crippen MR) is 481 cm³/mol.